The maximum absolute atomic E-state index is 13.7. The molecule has 0 heterocycles. The molecule has 6 N–H and O–H groups in total. The summed E-state index contributed by atoms with van der Waals surface area (Å²) in [6.45, 7) is 1.71. The predicted octanol–water partition coefficient (Wildman–Crippen LogP) is 0.613. The van der Waals surface area contributed by atoms with Gasteiger partial charge in [0.2, 0.25) is 5.78 Å². The fourth-order valence-corrected chi connectivity index (χ4v) is 6.24. The molecule has 1 aromatic rings. The lowest BCUT2D eigenvalue weighted by Gasteiger charge is -2.54. The van der Waals surface area contributed by atoms with Crippen LogP contribution in [-0.2, 0) is 19.1 Å². The largest absolute Gasteiger partial charge is 0.510 e. The number of carbonyl (C=O) groups is 4. The molecule has 0 aromatic heterocycles. The van der Waals surface area contributed by atoms with Crippen molar-refractivity contribution >= 4 is 23.4 Å². The molecule has 1 saturated carbocycles. The summed E-state index contributed by atoms with van der Waals surface area (Å²) >= 11 is 0. The topological polar surface area (TPSA) is 188 Å². The highest BCUT2D eigenvalue weighted by Gasteiger charge is 2.68. The number of primary amides is 1. The van der Waals surface area contributed by atoms with E-state index >= 15 is 0 Å². The summed E-state index contributed by atoms with van der Waals surface area (Å²) in [5.41, 5.74) is 1.45. The van der Waals surface area contributed by atoms with Crippen molar-refractivity contribution in [2.45, 2.75) is 43.4 Å². The molecule has 0 radical (unpaired) electrons. The predicted molar refractivity (Wildman–Crippen MR) is 126 cm³/mol. The molecule has 6 atom stereocenters. The standard InChI is InChI=1S/C26H28N2O9/c1-9-11-5-4-6-12(29)14(11)19(30)15-13(9)21(37-25(35)10-7-8-10)17-18(28(2)3)20(31)16(24(27)34)23(33)26(17,36)22(15)32/h4-6,9-10,13,17-18,21,29,31-32,36H,7-8H2,1-3H3,(H2,27,34)/t9-,13+,17+,18-,21-,26+/m0/s1. The Balaban J connectivity index is 1.83. The summed E-state index contributed by atoms with van der Waals surface area (Å²) in [7, 11) is 3.02. The number of amides is 1. The van der Waals surface area contributed by atoms with E-state index in [-0.39, 0.29) is 17.2 Å². The van der Waals surface area contributed by atoms with E-state index in [4.69, 9.17) is 10.5 Å². The van der Waals surface area contributed by atoms with E-state index in [1.54, 1.807) is 19.1 Å². The van der Waals surface area contributed by atoms with Gasteiger partial charge in [-0.2, -0.15) is 0 Å². The maximum atomic E-state index is 13.7. The molecular formula is C26H28N2O9. The Labute approximate surface area is 211 Å². The lowest BCUT2D eigenvalue weighted by molar-refractivity contribution is -0.181. The van der Waals surface area contributed by atoms with E-state index in [9.17, 15) is 39.6 Å². The molecule has 1 amide bonds. The van der Waals surface area contributed by atoms with Gasteiger partial charge in [-0.3, -0.25) is 24.1 Å². The van der Waals surface area contributed by atoms with Gasteiger partial charge < -0.3 is 30.9 Å². The van der Waals surface area contributed by atoms with Gasteiger partial charge in [0.1, 0.15) is 28.9 Å². The monoisotopic (exact) mass is 512 g/mol. The molecule has 37 heavy (non-hydrogen) atoms. The molecule has 0 bridgehead atoms. The minimum atomic E-state index is -2.93. The number of phenolic OH excluding ortho intramolecular Hbond substituents is 1. The van der Waals surface area contributed by atoms with Gasteiger partial charge >= 0.3 is 5.97 Å². The Morgan fingerprint density at radius 3 is 2.35 bits per heavy atom. The van der Waals surface area contributed by atoms with E-state index in [1.807, 2.05) is 0 Å². The number of aliphatic hydroxyl groups is 3. The van der Waals surface area contributed by atoms with Gasteiger partial charge in [0.05, 0.1) is 23.4 Å². The molecule has 0 aliphatic heterocycles. The average molecular weight is 513 g/mol. The number of carbonyl (C=O) groups excluding carboxylic acids is 4. The number of likely N-dealkylation sites (N-methyl/N-ethyl adjacent to an activating group) is 1. The van der Waals surface area contributed by atoms with Gasteiger partial charge in [-0.1, -0.05) is 19.1 Å². The van der Waals surface area contributed by atoms with Crippen LogP contribution in [0.2, 0.25) is 0 Å². The number of nitrogens with two attached hydrogens (primary N) is 1. The Morgan fingerprint density at radius 1 is 1.14 bits per heavy atom. The van der Waals surface area contributed by atoms with E-state index in [0.29, 0.717) is 18.4 Å². The third-order valence-corrected chi connectivity index (χ3v) is 8.13. The normalized spacial score (nSPS) is 33.2. The molecule has 1 fully saturated rings. The molecule has 0 spiro atoms. The van der Waals surface area contributed by atoms with Gasteiger partial charge in [-0.25, -0.2) is 0 Å². The second-order valence-electron chi connectivity index (χ2n) is 10.5. The second-order valence-corrected chi connectivity index (χ2v) is 10.5. The number of ketones is 2. The quantitative estimate of drug-likeness (QED) is 0.282. The number of esters is 1. The number of aromatic hydroxyl groups is 1. The molecule has 11 nitrogen and oxygen atoms in total. The third kappa shape index (κ3) is 3.27. The van der Waals surface area contributed by atoms with Crippen molar-refractivity contribution < 1.29 is 44.3 Å². The average Bonchev–Trinajstić information content (AvgIpc) is 3.66. The van der Waals surface area contributed by atoms with Crippen LogP contribution in [0.3, 0.4) is 0 Å². The fraction of sp³-hybridized carbons (Fsp3) is 0.462. The zero-order valence-electron chi connectivity index (χ0n) is 20.5. The molecule has 4 aliphatic rings. The molecule has 196 valence electrons. The Morgan fingerprint density at radius 2 is 1.78 bits per heavy atom. The number of Topliss-reactive ketones (excluding diaryl/α,β-unsaturated/α-hetero) is 2. The van der Waals surface area contributed by atoms with Crippen LogP contribution in [0.5, 0.6) is 5.75 Å². The third-order valence-electron chi connectivity index (χ3n) is 8.13. The molecular weight excluding hydrogens is 484 g/mol. The Hall–Kier alpha value is -3.70. The van der Waals surface area contributed by atoms with Crippen molar-refractivity contribution in [3.05, 3.63) is 52.0 Å². The van der Waals surface area contributed by atoms with Crippen molar-refractivity contribution in [3.8, 4) is 5.75 Å². The number of rotatable bonds is 4. The Bertz CT molecular complexity index is 1330. The number of fused-ring (bicyclic) bond motifs is 3. The SMILES string of the molecule is C[C@H]1c2cccc(O)c2C(=O)C2=C(O)[C@@]3(O)C(=O)C(C(N)=O)=C(O)[C@@H](N(C)C)[C@@H]3[C@@H](OC(=O)C3CC3)[C@@H]21. The van der Waals surface area contributed by atoms with E-state index in [0.717, 1.165) is 0 Å². The van der Waals surface area contributed by atoms with Gasteiger partial charge in [-0.05, 0) is 44.5 Å². The van der Waals surface area contributed by atoms with Crippen molar-refractivity contribution in [1.29, 1.82) is 0 Å². The number of hydrogen-bond acceptors (Lipinski definition) is 10. The minimum absolute atomic E-state index is 0.108. The summed E-state index contributed by atoms with van der Waals surface area (Å²) in [4.78, 5) is 53.9. The van der Waals surface area contributed by atoms with Crippen LogP contribution in [0.15, 0.2) is 40.9 Å². The minimum Gasteiger partial charge on any atom is -0.510 e. The number of ether oxygens (including phenoxy) is 1. The van der Waals surface area contributed by atoms with Crippen LogP contribution >= 0.6 is 0 Å². The van der Waals surface area contributed by atoms with E-state index < -0.39 is 81.6 Å². The molecule has 5 rings (SSSR count). The van der Waals surface area contributed by atoms with Crippen molar-refractivity contribution in [2.75, 3.05) is 14.1 Å². The Kier molecular flexibility index (Phi) is 5.50. The number of benzene rings is 1. The lowest BCUT2D eigenvalue weighted by Crippen LogP contribution is -2.69. The van der Waals surface area contributed by atoms with Crippen LogP contribution in [0.25, 0.3) is 0 Å². The lowest BCUT2D eigenvalue weighted by atomic mass is 9.55. The molecule has 11 heteroatoms. The first-order valence-corrected chi connectivity index (χ1v) is 12.0. The van der Waals surface area contributed by atoms with Crippen LogP contribution < -0.4 is 5.73 Å². The molecule has 0 saturated heterocycles. The van der Waals surface area contributed by atoms with Crippen molar-refractivity contribution in [3.63, 3.8) is 0 Å². The molecule has 0 unspecified atom stereocenters. The van der Waals surface area contributed by atoms with Gasteiger partial charge in [0.25, 0.3) is 5.91 Å². The first kappa shape index (κ1) is 25.0. The number of hydrogen-bond donors (Lipinski definition) is 5. The van der Waals surface area contributed by atoms with Crippen molar-refractivity contribution in [2.24, 2.45) is 23.5 Å². The highest BCUT2D eigenvalue weighted by atomic mass is 16.5. The van der Waals surface area contributed by atoms with E-state index in [1.165, 1.54) is 25.1 Å². The number of aliphatic hydroxyl groups excluding tert-OH is 2. The van der Waals surface area contributed by atoms with Crippen molar-refractivity contribution in [1.82, 2.24) is 4.90 Å². The van der Waals surface area contributed by atoms with Gasteiger partial charge in [0, 0.05) is 11.5 Å². The molecule has 1 aromatic carbocycles. The zero-order valence-corrected chi connectivity index (χ0v) is 20.5. The smallest absolute Gasteiger partial charge is 0.309 e. The zero-order chi connectivity index (χ0) is 27.1. The maximum Gasteiger partial charge on any atom is 0.309 e. The number of nitrogens with zero attached hydrogens (tertiary/aromatic N) is 1. The first-order chi connectivity index (χ1) is 17.3. The highest BCUT2D eigenvalue weighted by Crippen LogP contribution is 2.56. The summed E-state index contributed by atoms with van der Waals surface area (Å²) in [5.74, 6) is -9.82. The van der Waals surface area contributed by atoms with Gasteiger partial charge in [0.15, 0.2) is 11.4 Å². The number of phenols is 1. The van der Waals surface area contributed by atoms with Crippen LogP contribution in [0.4, 0.5) is 0 Å². The summed E-state index contributed by atoms with van der Waals surface area (Å²) in [5, 5.41) is 44.9. The fourth-order valence-electron chi connectivity index (χ4n) is 6.24. The summed E-state index contributed by atoms with van der Waals surface area (Å²) in [6, 6.07) is 3.19. The highest BCUT2D eigenvalue weighted by molar-refractivity contribution is 6.25. The van der Waals surface area contributed by atoms with Crippen LogP contribution in [-0.4, -0.2) is 80.6 Å². The molecule has 4 aliphatic carbocycles. The second kappa shape index (κ2) is 8.15. The van der Waals surface area contributed by atoms with Crippen LogP contribution in [0.1, 0.15) is 41.6 Å². The summed E-state index contributed by atoms with van der Waals surface area (Å²) in [6.07, 6.45) is -0.180. The first-order valence-electron chi connectivity index (χ1n) is 12.0. The summed E-state index contributed by atoms with van der Waals surface area (Å²) < 4.78 is 5.92. The van der Waals surface area contributed by atoms with Crippen LogP contribution in [0, 0.1) is 17.8 Å². The van der Waals surface area contributed by atoms with Gasteiger partial charge in [-0.15, -0.1) is 0 Å². The van der Waals surface area contributed by atoms with E-state index in [2.05, 4.69) is 0 Å².